The predicted molar refractivity (Wildman–Crippen MR) is 120 cm³/mol. The van der Waals surface area contributed by atoms with Crippen molar-refractivity contribution in [3.63, 3.8) is 0 Å². The van der Waals surface area contributed by atoms with E-state index in [1.165, 1.54) is 12.8 Å². The lowest BCUT2D eigenvalue weighted by Crippen LogP contribution is -2.24. The molecule has 30 heavy (non-hydrogen) atoms. The van der Waals surface area contributed by atoms with Crippen molar-refractivity contribution in [3.8, 4) is 17.2 Å². The number of ether oxygens (including phenoxy) is 3. The molecule has 2 aromatic rings. The zero-order valence-electron chi connectivity index (χ0n) is 17.7. The number of carbonyl (C=O) groups is 1. The Labute approximate surface area is 183 Å². The Morgan fingerprint density at radius 1 is 1.07 bits per heavy atom. The van der Waals surface area contributed by atoms with Crippen LogP contribution in [-0.4, -0.2) is 32.4 Å². The van der Waals surface area contributed by atoms with Crippen LogP contribution >= 0.6 is 11.6 Å². The van der Waals surface area contributed by atoms with E-state index in [-0.39, 0.29) is 12.5 Å². The normalized spacial score (nSPS) is 10.8. The molecule has 2 rings (SSSR count). The molecule has 162 valence electrons. The maximum atomic E-state index is 11.9. The van der Waals surface area contributed by atoms with Crippen LogP contribution in [0.4, 0.5) is 0 Å². The fourth-order valence-electron chi connectivity index (χ4n) is 2.72. The number of hydrazone groups is 1. The van der Waals surface area contributed by atoms with E-state index in [2.05, 4.69) is 17.5 Å². The van der Waals surface area contributed by atoms with E-state index in [0.29, 0.717) is 28.9 Å². The number of hydrogen-bond acceptors (Lipinski definition) is 5. The van der Waals surface area contributed by atoms with Crippen molar-refractivity contribution in [1.29, 1.82) is 0 Å². The Morgan fingerprint density at radius 3 is 2.60 bits per heavy atom. The van der Waals surface area contributed by atoms with Crippen LogP contribution in [0.2, 0.25) is 5.02 Å². The van der Waals surface area contributed by atoms with Gasteiger partial charge >= 0.3 is 0 Å². The highest BCUT2D eigenvalue weighted by Crippen LogP contribution is 2.28. The zero-order chi connectivity index (χ0) is 21.8. The van der Waals surface area contributed by atoms with Crippen molar-refractivity contribution in [2.45, 2.75) is 39.5 Å². The third-order valence-electron chi connectivity index (χ3n) is 4.34. The van der Waals surface area contributed by atoms with Gasteiger partial charge < -0.3 is 14.2 Å². The second-order valence-corrected chi connectivity index (χ2v) is 7.25. The number of halogens is 1. The van der Waals surface area contributed by atoms with E-state index >= 15 is 0 Å². The predicted octanol–water partition coefficient (Wildman–Crippen LogP) is 5.15. The van der Waals surface area contributed by atoms with E-state index < -0.39 is 0 Å². The van der Waals surface area contributed by atoms with Crippen LogP contribution in [-0.2, 0) is 4.79 Å². The molecule has 0 aliphatic rings. The molecule has 0 heterocycles. The van der Waals surface area contributed by atoms with Crippen LogP contribution in [0.5, 0.6) is 17.2 Å². The van der Waals surface area contributed by atoms with Crippen LogP contribution in [0.15, 0.2) is 41.5 Å². The molecule has 1 amide bonds. The minimum absolute atomic E-state index is 0.145. The number of benzene rings is 2. The first-order valence-corrected chi connectivity index (χ1v) is 10.4. The summed E-state index contributed by atoms with van der Waals surface area (Å²) < 4.78 is 16.7. The Kier molecular flexibility index (Phi) is 10.0. The van der Waals surface area contributed by atoms with E-state index in [9.17, 15) is 4.79 Å². The summed E-state index contributed by atoms with van der Waals surface area (Å²) in [7, 11) is 1.60. The molecule has 0 fully saturated rings. The number of amides is 1. The summed E-state index contributed by atoms with van der Waals surface area (Å²) in [6.45, 7) is 4.56. The lowest BCUT2D eigenvalue weighted by atomic mass is 10.2. The van der Waals surface area contributed by atoms with E-state index in [1.54, 1.807) is 31.5 Å². The van der Waals surface area contributed by atoms with Gasteiger partial charge in [-0.25, -0.2) is 5.43 Å². The molecule has 6 nitrogen and oxygen atoms in total. The second-order valence-electron chi connectivity index (χ2n) is 6.81. The third kappa shape index (κ3) is 7.95. The van der Waals surface area contributed by atoms with Crippen molar-refractivity contribution in [1.82, 2.24) is 5.43 Å². The monoisotopic (exact) mass is 432 g/mol. The maximum Gasteiger partial charge on any atom is 0.277 e. The minimum atomic E-state index is -0.361. The Balaban J connectivity index is 1.82. The highest BCUT2D eigenvalue weighted by molar-refractivity contribution is 6.30. The molecule has 0 unspecified atom stereocenters. The molecular formula is C23H29ClN2O4. The van der Waals surface area contributed by atoms with Gasteiger partial charge in [-0.2, -0.15) is 5.10 Å². The molecule has 2 aromatic carbocycles. The average Bonchev–Trinajstić information content (AvgIpc) is 2.73. The quantitative estimate of drug-likeness (QED) is 0.286. The SMILES string of the molecule is CCCCCCOc1ccc(C=NNC(=O)COc2ccc(Cl)cc2C)cc1OC. The van der Waals surface area contributed by atoms with Crippen molar-refractivity contribution >= 4 is 23.7 Å². The highest BCUT2D eigenvalue weighted by Gasteiger charge is 2.06. The fraction of sp³-hybridized carbons (Fsp3) is 0.391. The first kappa shape index (κ1) is 23.5. The number of nitrogens with zero attached hydrogens (tertiary/aromatic N) is 1. The number of carbonyl (C=O) groups excluding carboxylic acids is 1. The molecule has 0 atom stereocenters. The fourth-order valence-corrected chi connectivity index (χ4v) is 2.95. The van der Waals surface area contributed by atoms with Gasteiger partial charge in [0.1, 0.15) is 5.75 Å². The van der Waals surface area contributed by atoms with Crippen LogP contribution in [0.25, 0.3) is 0 Å². The summed E-state index contributed by atoms with van der Waals surface area (Å²) in [5.41, 5.74) is 4.08. The van der Waals surface area contributed by atoms with Gasteiger partial charge in [0.15, 0.2) is 18.1 Å². The zero-order valence-corrected chi connectivity index (χ0v) is 18.5. The lowest BCUT2D eigenvalue weighted by molar-refractivity contribution is -0.123. The van der Waals surface area contributed by atoms with Crippen molar-refractivity contribution in [3.05, 3.63) is 52.5 Å². The summed E-state index contributed by atoms with van der Waals surface area (Å²) in [4.78, 5) is 11.9. The molecular weight excluding hydrogens is 404 g/mol. The van der Waals surface area contributed by atoms with Gasteiger partial charge in [-0.1, -0.05) is 37.8 Å². The minimum Gasteiger partial charge on any atom is -0.493 e. The topological polar surface area (TPSA) is 69.2 Å². The molecule has 0 bridgehead atoms. The number of methoxy groups -OCH3 is 1. The van der Waals surface area contributed by atoms with Crippen molar-refractivity contribution < 1.29 is 19.0 Å². The number of hydrogen-bond donors (Lipinski definition) is 1. The van der Waals surface area contributed by atoms with Gasteiger partial charge in [0.25, 0.3) is 5.91 Å². The maximum absolute atomic E-state index is 11.9. The van der Waals surface area contributed by atoms with Gasteiger partial charge in [0.05, 0.1) is 19.9 Å². The van der Waals surface area contributed by atoms with Crippen LogP contribution < -0.4 is 19.6 Å². The summed E-state index contributed by atoms with van der Waals surface area (Å²) in [6.07, 6.45) is 6.13. The highest BCUT2D eigenvalue weighted by atomic mass is 35.5. The number of unbranched alkanes of at least 4 members (excludes halogenated alkanes) is 3. The first-order valence-electron chi connectivity index (χ1n) is 10.0. The number of rotatable bonds is 12. The Bertz CT molecular complexity index is 855. The van der Waals surface area contributed by atoms with Gasteiger partial charge in [-0.3, -0.25) is 4.79 Å². The Morgan fingerprint density at radius 2 is 1.87 bits per heavy atom. The van der Waals surface area contributed by atoms with E-state index in [1.807, 2.05) is 25.1 Å². The van der Waals surface area contributed by atoms with Crippen molar-refractivity contribution in [2.75, 3.05) is 20.3 Å². The standard InChI is InChI=1S/C23H29ClN2O4/c1-4-5-6-7-12-29-21-10-8-18(14-22(21)28-3)15-25-26-23(27)16-30-20-11-9-19(24)13-17(20)2/h8-11,13-15H,4-7,12,16H2,1-3H3,(H,26,27). The summed E-state index contributed by atoms with van der Waals surface area (Å²) in [5.74, 6) is 1.57. The largest absolute Gasteiger partial charge is 0.493 e. The molecule has 0 aliphatic heterocycles. The van der Waals surface area contributed by atoms with E-state index in [4.69, 9.17) is 25.8 Å². The molecule has 0 aliphatic carbocycles. The van der Waals surface area contributed by atoms with Gasteiger partial charge in [-0.15, -0.1) is 0 Å². The van der Waals surface area contributed by atoms with Crippen LogP contribution in [0.1, 0.15) is 43.7 Å². The van der Waals surface area contributed by atoms with Crippen LogP contribution in [0, 0.1) is 6.92 Å². The average molecular weight is 433 g/mol. The molecule has 0 saturated heterocycles. The molecule has 7 heteroatoms. The Hall–Kier alpha value is -2.73. The number of nitrogens with one attached hydrogen (secondary N) is 1. The van der Waals surface area contributed by atoms with E-state index in [0.717, 1.165) is 24.0 Å². The smallest absolute Gasteiger partial charge is 0.277 e. The summed E-state index contributed by atoms with van der Waals surface area (Å²) >= 11 is 5.91. The van der Waals surface area contributed by atoms with Crippen LogP contribution in [0.3, 0.4) is 0 Å². The summed E-state index contributed by atoms with van der Waals surface area (Å²) in [6, 6.07) is 10.7. The first-order chi connectivity index (χ1) is 14.5. The lowest BCUT2D eigenvalue weighted by Gasteiger charge is -2.11. The molecule has 0 saturated carbocycles. The second kappa shape index (κ2) is 12.8. The molecule has 0 radical (unpaired) electrons. The summed E-state index contributed by atoms with van der Waals surface area (Å²) in [5, 5.41) is 4.59. The van der Waals surface area contributed by atoms with Gasteiger partial charge in [0, 0.05) is 5.02 Å². The number of aryl methyl sites for hydroxylation is 1. The van der Waals surface area contributed by atoms with Gasteiger partial charge in [-0.05, 0) is 60.9 Å². The van der Waals surface area contributed by atoms with Crippen molar-refractivity contribution in [2.24, 2.45) is 5.10 Å². The van der Waals surface area contributed by atoms with Gasteiger partial charge in [0.2, 0.25) is 0 Å². The third-order valence-corrected chi connectivity index (χ3v) is 4.58. The molecule has 0 aromatic heterocycles. The molecule has 0 spiro atoms. The molecule has 1 N–H and O–H groups in total.